The Morgan fingerprint density at radius 2 is 2.22 bits per heavy atom. The predicted molar refractivity (Wildman–Crippen MR) is 77.0 cm³/mol. The maximum atomic E-state index is 12.1. The lowest BCUT2D eigenvalue weighted by Gasteiger charge is -2.13. The molecule has 96 valence electrons. The van der Waals surface area contributed by atoms with Gasteiger partial charge in [-0.25, -0.2) is 4.98 Å². The average Bonchev–Trinajstić information content (AvgIpc) is 2.78. The molecule has 0 aliphatic rings. The molecule has 6 heteroatoms. The van der Waals surface area contributed by atoms with E-state index < -0.39 is 0 Å². The fourth-order valence-corrected chi connectivity index (χ4v) is 2.76. The first-order chi connectivity index (χ1) is 8.65. The molecule has 2 heterocycles. The van der Waals surface area contributed by atoms with Gasteiger partial charge in [0.1, 0.15) is 4.83 Å². The first-order valence-corrected chi connectivity index (χ1v) is 7.44. The van der Waals surface area contributed by atoms with E-state index in [2.05, 4.69) is 44.5 Å². The van der Waals surface area contributed by atoms with Crippen molar-refractivity contribution in [2.75, 3.05) is 0 Å². The summed E-state index contributed by atoms with van der Waals surface area (Å²) in [5, 5.41) is 3.80. The van der Waals surface area contributed by atoms with Crippen LogP contribution in [0.4, 0.5) is 0 Å². The molecule has 0 aromatic carbocycles. The lowest BCUT2D eigenvalue weighted by Crippen LogP contribution is -2.34. The van der Waals surface area contributed by atoms with Gasteiger partial charge < -0.3 is 5.32 Å². The Morgan fingerprint density at radius 3 is 2.89 bits per heavy atom. The number of nitrogens with one attached hydrogen (secondary N) is 1. The Balaban J connectivity index is 2.30. The largest absolute Gasteiger partial charge is 0.348 e. The number of fused-ring (bicyclic) bond motifs is 1. The molecule has 0 spiro atoms. The molecule has 2 rings (SSSR count). The van der Waals surface area contributed by atoms with Gasteiger partial charge in [0, 0.05) is 22.1 Å². The van der Waals surface area contributed by atoms with Gasteiger partial charge in [0.15, 0.2) is 5.69 Å². The van der Waals surface area contributed by atoms with Crippen LogP contribution in [0.15, 0.2) is 16.7 Å². The van der Waals surface area contributed by atoms with Gasteiger partial charge in [-0.05, 0) is 46.4 Å². The molecular formula is C12H14BrN3OS. The number of pyridine rings is 1. The number of hydrogen-bond acceptors (Lipinski definition) is 4. The van der Waals surface area contributed by atoms with Crippen LogP contribution in [0.2, 0.25) is 0 Å². The van der Waals surface area contributed by atoms with Crippen LogP contribution in [0.3, 0.4) is 0 Å². The fraction of sp³-hybridized carbons (Fsp3) is 0.417. The second-order valence-electron chi connectivity index (χ2n) is 4.02. The molecule has 1 amide bonds. The number of nitrogens with zero attached hydrogens (tertiary/aromatic N) is 2. The highest BCUT2D eigenvalue weighted by Crippen LogP contribution is 2.24. The molecule has 0 aliphatic carbocycles. The normalized spacial score (nSPS) is 11.1. The predicted octanol–water partition coefficient (Wildman–Crippen LogP) is 3.37. The molecule has 4 nitrogen and oxygen atoms in total. The van der Waals surface area contributed by atoms with Crippen LogP contribution in [-0.2, 0) is 0 Å². The van der Waals surface area contributed by atoms with Gasteiger partial charge in [-0.3, -0.25) is 4.79 Å². The van der Waals surface area contributed by atoms with E-state index in [4.69, 9.17) is 0 Å². The highest BCUT2D eigenvalue weighted by Gasteiger charge is 2.17. The summed E-state index contributed by atoms with van der Waals surface area (Å²) in [5.41, 5.74) is 0.468. The standard InChI is InChI=1S/C12H14BrN3OS/c1-3-8(4-2)15-11(17)10-9-5-7(13)6-14-12(9)18-16-10/h5-6,8H,3-4H2,1-2H3,(H,15,17). The molecule has 0 unspecified atom stereocenters. The lowest BCUT2D eigenvalue weighted by molar-refractivity contribution is 0.0932. The summed E-state index contributed by atoms with van der Waals surface area (Å²) in [4.78, 5) is 17.2. The SMILES string of the molecule is CCC(CC)NC(=O)c1nsc2ncc(Br)cc12. The molecule has 0 radical (unpaired) electrons. The molecule has 0 aliphatic heterocycles. The van der Waals surface area contributed by atoms with E-state index >= 15 is 0 Å². The molecule has 18 heavy (non-hydrogen) atoms. The number of halogens is 1. The molecule has 0 saturated heterocycles. The van der Waals surface area contributed by atoms with Crippen LogP contribution in [0, 0.1) is 0 Å². The fourth-order valence-electron chi connectivity index (χ4n) is 1.72. The number of carbonyl (C=O) groups is 1. The molecule has 0 saturated carbocycles. The van der Waals surface area contributed by atoms with Crippen LogP contribution in [-0.4, -0.2) is 21.3 Å². The zero-order valence-electron chi connectivity index (χ0n) is 10.2. The van der Waals surface area contributed by atoms with E-state index in [9.17, 15) is 4.79 Å². The van der Waals surface area contributed by atoms with Crippen molar-refractivity contribution in [3.8, 4) is 0 Å². The summed E-state index contributed by atoms with van der Waals surface area (Å²) in [5.74, 6) is -0.116. The third-order valence-corrected chi connectivity index (χ3v) is 4.04. The zero-order valence-corrected chi connectivity index (χ0v) is 12.6. The van der Waals surface area contributed by atoms with Gasteiger partial charge in [0.05, 0.1) is 0 Å². The summed E-state index contributed by atoms with van der Waals surface area (Å²) in [6.07, 6.45) is 3.56. The molecule has 2 aromatic rings. The quantitative estimate of drug-likeness (QED) is 0.936. The number of hydrogen-bond donors (Lipinski definition) is 1. The third kappa shape index (κ3) is 2.70. The summed E-state index contributed by atoms with van der Waals surface area (Å²) in [7, 11) is 0. The summed E-state index contributed by atoms with van der Waals surface area (Å²) < 4.78 is 5.06. The number of carbonyl (C=O) groups excluding carboxylic acids is 1. The van der Waals surface area contributed by atoms with Crippen molar-refractivity contribution in [2.24, 2.45) is 0 Å². The van der Waals surface area contributed by atoms with Crippen LogP contribution in [0.25, 0.3) is 10.2 Å². The molecule has 2 aromatic heterocycles. The molecule has 1 N–H and O–H groups in total. The van der Waals surface area contributed by atoms with Gasteiger partial charge in [0.2, 0.25) is 0 Å². The van der Waals surface area contributed by atoms with E-state index in [-0.39, 0.29) is 11.9 Å². The molecule has 0 fully saturated rings. The topological polar surface area (TPSA) is 54.9 Å². The van der Waals surface area contributed by atoms with Crippen LogP contribution in [0.1, 0.15) is 37.2 Å². The Labute approximate surface area is 118 Å². The highest BCUT2D eigenvalue weighted by atomic mass is 79.9. The summed E-state index contributed by atoms with van der Waals surface area (Å²) >= 11 is 4.61. The lowest BCUT2D eigenvalue weighted by atomic mass is 10.1. The van der Waals surface area contributed by atoms with Crippen LogP contribution >= 0.6 is 27.5 Å². The minimum Gasteiger partial charge on any atom is -0.348 e. The number of amides is 1. The molecular weight excluding hydrogens is 314 g/mol. The van der Waals surface area contributed by atoms with Gasteiger partial charge in [0.25, 0.3) is 5.91 Å². The Kier molecular flexibility index (Phi) is 4.29. The van der Waals surface area contributed by atoms with E-state index in [0.717, 1.165) is 27.5 Å². The smallest absolute Gasteiger partial charge is 0.271 e. The maximum absolute atomic E-state index is 12.1. The summed E-state index contributed by atoms with van der Waals surface area (Å²) in [6, 6.07) is 2.09. The first kappa shape index (κ1) is 13.4. The third-order valence-electron chi connectivity index (χ3n) is 2.83. The average molecular weight is 328 g/mol. The number of rotatable bonds is 4. The van der Waals surface area contributed by atoms with Gasteiger partial charge in [-0.1, -0.05) is 13.8 Å². The van der Waals surface area contributed by atoms with E-state index in [0.29, 0.717) is 5.69 Å². The van der Waals surface area contributed by atoms with Crippen LogP contribution < -0.4 is 5.32 Å². The molecule has 0 atom stereocenters. The Bertz CT molecular complexity index is 565. The van der Waals surface area contributed by atoms with Gasteiger partial charge >= 0.3 is 0 Å². The minimum atomic E-state index is -0.116. The highest BCUT2D eigenvalue weighted by molar-refractivity contribution is 9.10. The van der Waals surface area contributed by atoms with E-state index in [1.54, 1.807) is 6.20 Å². The van der Waals surface area contributed by atoms with Crippen LogP contribution in [0.5, 0.6) is 0 Å². The maximum Gasteiger partial charge on any atom is 0.271 e. The van der Waals surface area contributed by atoms with Crippen molar-refractivity contribution in [1.29, 1.82) is 0 Å². The minimum absolute atomic E-state index is 0.116. The van der Waals surface area contributed by atoms with Crippen molar-refractivity contribution >= 4 is 43.6 Å². The van der Waals surface area contributed by atoms with E-state index in [1.807, 2.05) is 6.07 Å². The van der Waals surface area contributed by atoms with Crippen molar-refractivity contribution in [3.63, 3.8) is 0 Å². The Hall–Kier alpha value is -1.01. The first-order valence-electron chi connectivity index (χ1n) is 5.87. The zero-order chi connectivity index (χ0) is 13.1. The van der Waals surface area contributed by atoms with Crippen molar-refractivity contribution in [1.82, 2.24) is 14.7 Å². The summed E-state index contributed by atoms with van der Waals surface area (Å²) in [6.45, 7) is 4.12. The van der Waals surface area contributed by atoms with E-state index in [1.165, 1.54) is 11.5 Å². The van der Waals surface area contributed by atoms with Gasteiger partial charge in [-0.2, -0.15) is 4.37 Å². The number of aromatic nitrogens is 2. The van der Waals surface area contributed by atoms with Gasteiger partial charge in [-0.15, -0.1) is 0 Å². The van der Waals surface area contributed by atoms with Crippen molar-refractivity contribution in [3.05, 3.63) is 22.4 Å². The Morgan fingerprint density at radius 1 is 1.50 bits per heavy atom. The van der Waals surface area contributed by atoms with Crippen molar-refractivity contribution < 1.29 is 4.79 Å². The monoisotopic (exact) mass is 327 g/mol. The second-order valence-corrected chi connectivity index (χ2v) is 5.69. The van der Waals surface area contributed by atoms with Crippen molar-refractivity contribution in [2.45, 2.75) is 32.7 Å². The second kappa shape index (κ2) is 5.75. The molecule has 0 bridgehead atoms.